The van der Waals surface area contributed by atoms with Crippen molar-refractivity contribution in [2.24, 2.45) is 0 Å². The lowest BCUT2D eigenvalue weighted by Gasteiger charge is -2.20. The smallest absolute Gasteiger partial charge is 0.123 e. The van der Waals surface area contributed by atoms with E-state index in [2.05, 4.69) is 39.4 Å². The van der Waals surface area contributed by atoms with Gasteiger partial charge in [-0.15, -0.1) is 0 Å². The predicted molar refractivity (Wildman–Crippen MR) is 83.5 cm³/mol. The van der Waals surface area contributed by atoms with Crippen molar-refractivity contribution < 1.29 is 4.39 Å². The van der Waals surface area contributed by atoms with Crippen LogP contribution in [-0.2, 0) is 12.8 Å². The number of hydrogen-bond donors (Lipinski definition) is 1. The van der Waals surface area contributed by atoms with Crippen molar-refractivity contribution in [2.45, 2.75) is 25.3 Å². The molecule has 20 heavy (non-hydrogen) atoms. The molecular weight excluding hydrogens is 317 g/mol. The van der Waals surface area contributed by atoms with Crippen LogP contribution in [0, 0.1) is 5.82 Å². The van der Waals surface area contributed by atoms with Gasteiger partial charge in [0.05, 0.1) is 6.04 Å². The Bertz CT molecular complexity index is 639. The zero-order chi connectivity index (χ0) is 14.1. The molecule has 0 amide bonds. The molecule has 0 heterocycles. The van der Waals surface area contributed by atoms with Crippen molar-refractivity contribution in [3.8, 4) is 0 Å². The van der Waals surface area contributed by atoms with Crippen molar-refractivity contribution in [3.05, 3.63) is 68.9 Å². The lowest BCUT2D eigenvalue weighted by molar-refractivity contribution is 0.615. The second kappa shape index (κ2) is 5.66. The second-order valence-corrected chi connectivity index (χ2v) is 6.12. The average Bonchev–Trinajstić information content (AvgIpc) is 2.91. The van der Waals surface area contributed by atoms with E-state index in [1.807, 2.05) is 7.05 Å². The van der Waals surface area contributed by atoms with Crippen molar-refractivity contribution in [3.63, 3.8) is 0 Å². The highest BCUT2D eigenvalue weighted by Gasteiger charge is 2.18. The number of hydrogen-bond acceptors (Lipinski definition) is 1. The van der Waals surface area contributed by atoms with Crippen LogP contribution in [0.15, 0.2) is 40.9 Å². The highest BCUT2D eigenvalue weighted by molar-refractivity contribution is 9.10. The van der Waals surface area contributed by atoms with Crippen LogP contribution in [0.3, 0.4) is 0 Å². The molecule has 0 fully saturated rings. The number of rotatable bonds is 3. The quantitative estimate of drug-likeness (QED) is 0.878. The van der Waals surface area contributed by atoms with Crippen molar-refractivity contribution in [2.75, 3.05) is 7.05 Å². The Morgan fingerprint density at radius 1 is 1.10 bits per heavy atom. The van der Waals surface area contributed by atoms with Crippen LogP contribution in [0.4, 0.5) is 4.39 Å². The standard InChI is InChI=1S/C17H17BrFN/c1-20-17(15-10-14(19)7-8-16(15)18)13-6-5-11-3-2-4-12(11)9-13/h5-10,17,20H,2-4H2,1H3. The minimum atomic E-state index is -0.204. The van der Waals surface area contributed by atoms with Gasteiger partial charge in [-0.3, -0.25) is 0 Å². The first-order valence-electron chi connectivity index (χ1n) is 6.93. The topological polar surface area (TPSA) is 12.0 Å². The van der Waals surface area contributed by atoms with E-state index in [1.54, 1.807) is 12.1 Å². The van der Waals surface area contributed by atoms with E-state index in [0.29, 0.717) is 0 Å². The monoisotopic (exact) mass is 333 g/mol. The zero-order valence-corrected chi connectivity index (χ0v) is 13.0. The molecule has 104 valence electrons. The van der Waals surface area contributed by atoms with Crippen LogP contribution in [0.5, 0.6) is 0 Å². The van der Waals surface area contributed by atoms with Gasteiger partial charge >= 0.3 is 0 Å². The van der Waals surface area contributed by atoms with Gasteiger partial charge in [0.15, 0.2) is 0 Å². The normalized spacial score (nSPS) is 15.2. The summed E-state index contributed by atoms with van der Waals surface area (Å²) in [5.74, 6) is -0.204. The van der Waals surface area contributed by atoms with E-state index in [0.717, 1.165) is 16.5 Å². The fourth-order valence-corrected chi connectivity index (χ4v) is 3.48. The van der Waals surface area contributed by atoms with Crippen LogP contribution in [0.25, 0.3) is 0 Å². The molecule has 0 saturated heterocycles. The summed E-state index contributed by atoms with van der Waals surface area (Å²) in [5, 5.41) is 3.30. The van der Waals surface area contributed by atoms with Crippen molar-refractivity contribution in [1.29, 1.82) is 0 Å². The number of nitrogens with one attached hydrogen (secondary N) is 1. The van der Waals surface area contributed by atoms with E-state index in [4.69, 9.17) is 0 Å². The van der Waals surface area contributed by atoms with Gasteiger partial charge < -0.3 is 5.32 Å². The summed E-state index contributed by atoms with van der Waals surface area (Å²) in [6.07, 6.45) is 3.58. The lowest BCUT2D eigenvalue weighted by Crippen LogP contribution is -2.18. The number of aryl methyl sites for hydroxylation is 2. The molecule has 0 bridgehead atoms. The second-order valence-electron chi connectivity index (χ2n) is 5.27. The van der Waals surface area contributed by atoms with Gasteiger partial charge in [-0.1, -0.05) is 34.1 Å². The van der Waals surface area contributed by atoms with E-state index in [-0.39, 0.29) is 11.9 Å². The molecule has 0 saturated carbocycles. The Labute approximate surface area is 127 Å². The molecule has 2 aromatic rings. The summed E-state index contributed by atoms with van der Waals surface area (Å²) in [6, 6.07) is 11.5. The fraction of sp³-hybridized carbons (Fsp3) is 0.294. The molecule has 1 aliphatic rings. The summed E-state index contributed by atoms with van der Waals surface area (Å²) in [4.78, 5) is 0. The Morgan fingerprint density at radius 2 is 1.90 bits per heavy atom. The number of fused-ring (bicyclic) bond motifs is 1. The third-order valence-electron chi connectivity index (χ3n) is 4.01. The fourth-order valence-electron chi connectivity index (χ4n) is 3.01. The molecule has 0 radical (unpaired) electrons. The van der Waals surface area contributed by atoms with Gasteiger partial charge in [0.1, 0.15) is 5.82 Å². The molecule has 0 spiro atoms. The zero-order valence-electron chi connectivity index (χ0n) is 11.4. The van der Waals surface area contributed by atoms with E-state index in [9.17, 15) is 4.39 Å². The number of halogens is 2. The summed E-state index contributed by atoms with van der Waals surface area (Å²) in [5.41, 5.74) is 5.03. The first kappa shape index (κ1) is 13.8. The summed E-state index contributed by atoms with van der Waals surface area (Å²) < 4.78 is 14.5. The maximum atomic E-state index is 13.5. The maximum absolute atomic E-state index is 13.5. The maximum Gasteiger partial charge on any atom is 0.123 e. The van der Waals surface area contributed by atoms with Gasteiger partial charge in [-0.25, -0.2) is 4.39 Å². The average molecular weight is 334 g/mol. The largest absolute Gasteiger partial charge is 0.309 e. The van der Waals surface area contributed by atoms with Gasteiger partial charge in [-0.05, 0) is 66.8 Å². The third-order valence-corrected chi connectivity index (χ3v) is 4.74. The Kier molecular flexibility index (Phi) is 3.90. The molecule has 1 nitrogen and oxygen atoms in total. The highest BCUT2D eigenvalue weighted by Crippen LogP contribution is 2.32. The molecule has 3 heteroatoms. The van der Waals surface area contributed by atoms with Gasteiger partial charge in [0.2, 0.25) is 0 Å². The summed E-state index contributed by atoms with van der Waals surface area (Å²) in [6.45, 7) is 0. The molecule has 2 aromatic carbocycles. The van der Waals surface area contributed by atoms with Crippen LogP contribution < -0.4 is 5.32 Å². The Morgan fingerprint density at radius 3 is 2.70 bits per heavy atom. The van der Waals surface area contributed by atoms with E-state index >= 15 is 0 Å². The molecule has 3 rings (SSSR count). The minimum absolute atomic E-state index is 0.00553. The van der Waals surface area contributed by atoms with Gasteiger partial charge in [-0.2, -0.15) is 0 Å². The lowest BCUT2D eigenvalue weighted by atomic mass is 9.96. The van der Waals surface area contributed by atoms with Crippen LogP contribution in [0.1, 0.15) is 34.7 Å². The van der Waals surface area contributed by atoms with Crippen LogP contribution in [0.2, 0.25) is 0 Å². The molecule has 0 aromatic heterocycles. The van der Waals surface area contributed by atoms with Crippen LogP contribution in [-0.4, -0.2) is 7.05 Å². The third kappa shape index (κ3) is 2.52. The predicted octanol–water partition coefficient (Wildman–Crippen LogP) is 4.39. The summed E-state index contributed by atoms with van der Waals surface area (Å²) in [7, 11) is 1.91. The van der Waals surface area contributed by atoms with Gasteiger partial charge in [0, 0.05) is 4.47 Å². The summed E-state index contributed by atoms with van der Waals surface area (Å²) >= 11 is 3.52. The minimum Gasteiger partial charge on any atom is -0.309 e. The first-order valence-corrected chi connectivity index (χ1v) is 7.72. The first-order chi connectivity index (χ1) is 9.69. The van der Waals surface area contributed by atoms with Crippen molar-refractivity contribution >= 4 is 15.9 Å². The molecule has 1 N–H and O–H groups in total. The number of benzene rings is 2. The molecule has 0 aliphatic heterocycles. The molecule has 1 unspecified atom stereocenters. The van der Waals surface area contributed by atoms with Gasteiger partial charge in [0.25, 0.3) is 0 Å². The highest BCUT2D eigenvalue weighted by atomic mass is 79.9. The molecular formula is C17H17BrFN. The molecule has 1 atom stereocenters. The SMILES string of the molecule is CNC(c1ccc2c(c1)CCC2)c1cc(F)ccc1Br. The van der Waals surface area contributed by atoms with Crippen LogP contribution >= 0.6 is 15.9 Å². The Hall–Kier alpha value is -1.19. The van der Waals surface area contributed by atoms with E-state index in [1.165, 1.54) is 35.6 Å². The van der Waals surface area contributed by atoms with Crippen molar-refractivity contribution in [1.82, 2.24) is 5.32 Å². The Balaban J connectivity index is 2.03. The van der Waals surface area contributed by atoms with E-state index < -0.39 is 0 Å². The molecule has 1 aliphatic carbocycles.